The van der Waals surface area contributed by atoms with Crippen molar-refractivity contribution in [3.63, 3.8) is 0 Å². The average molecular weight is 545 g/mol. The Labute approximate surface area is 223 Å². The molecule has 0 bridgehead atoms. The van der Waals surface area contributed by atoms with E-state index in [1.54, 1.807) is 30.1 Å². The Balaban J connectivity index is 1.23. The van der Waals surface area contributed by atoms with Crippen LogP contribution in [0.4, 0.5) is 0 Å². The van der Waals surface area contributed by atoms with E-state index < -0.39 is 11.6 Å². The topological polar surface area (TPSA) is 90.1 Å². The van der Waals surface area contributed by atoms with E-state index in [0.29, 0.717) is 40.8 Å². The summed E-state index contributed by atoms with van der Waals surface area (Å²) < 4.78 is 4.18. The van der Waals surface area contributed by atoms with Crippen LogP contribution in [-0.4, -0.2) is 62.2 Å². The molecule has 1 spiro atoms. The molecule has 3 aromatic rings. The fourth-order valence-corrected chi connectivity index (χ4v) is 5.92. The second kappa shape index (κ2) is 10.6. The lowest BCUT2D eigenvalue weighted by molar-refractivity contribution is -0.124. The first-order chi connectivity index (χ1) is 17.4. The van der Waals surface area contributed by atoms with E-state index in [-0.39, 0.29) is 12.5 Å². The Kier molecular flexibility index (Phi) is 7.44. The number of nitrogens with zero attached hydrogens (tertiary/aromatic N) is 3. The van der Waals surface area contributed by atoms with Crippen LogP contribution in [0.5, 0.6) is 0 Å². The van der Waals surface area contributed by atoms with E-state index in [0.717, 1.165) is 29.6 Å². The Morgan fingerprint density at radius 1 is 1.19 bits per heavy atom. The standard InChI is InChI=1S/C26H26Cl2N4O3S/c27-18-4-5-21(22(28)14-18)24-29-25(35)26(30-24)8-11-32(12-9-26)36-13-7-17-2-1-3-23-20(17)6-10-31(23)15-19(34)16-33/h1-7,10,13-14,19,33-34H,8-9,11-12,15-16H2,(H,29,30,35)/b13-7+. The van der Waals surface area contributed by atoms with E-state index in [1.807, 2.05) is 29.0 Å². The Morgan fingerprint density at radius 3 is 2.75 bits per heavy atom. The van der Waals surface area contributed by atoms with Crippen LogP contribution in [0, 0.1) is 0 Å². The molecule has 2 aliphatic rings. The number of benzene rings is 2. The summed E-state index contributed by atoms with van der Waals surface area (Å²) in [7, 11) is 0. The molecular weight excluding hydrogens is 519 g/mol. The molecule has 1 saturated heterocycles. The minimum atomic E-state index is -0.789. The molecule has 188 valence electrons. The number of halogens is 2. The summed E-state index contributed by atoms with van der Waals surface area (Å²) in [5, 5.41) is 26.0. The molecule has 1 fully saturated rings. The summed E-state index contributed by atoms with van der Waals surface area (Å²) in [5.41, 5.74) is 2.01. The van der Waals surface area contributed by atoms with Crippen LogP contribution in [0.15, 0.2) is 59.1 Å². The highest BCUT2D eigenvalue weighted by molar-refractivity contribution is 8.00. The Hall–Kier alpha value is -2.33. The van der Waals surface area contributed by atoms with Crippen LogP contribution in [0.3, 0.4) is 0 Å². The summed E-state index contributed by atoms with van der Waals surface area (Å²) in [4.78, 5) is 17.7. The van der Waals surface area contributed by atoms with Gasteiger partial charge in [-0.25, -0.2) is 4.31 Å². The number of piperidine rings is 1. The summed E-state index contributed by atoms with van der Waals surface area (Å²) in [6.07, 6.45) is 4.46. The molecule has 1 atom stereocenters. The number of aliphatic hydroxyl groups is 2. The number of rotatable bonds is 7. The maximum absolute atomic E-state index is 12.9. The number of carbonyl (C=O) groups is 1. The fourth-order valence-electron chi connectivity index (χ4n) is 4.65. The van der Waals surface area contributed by atoms with Crippen LogP contribution in [0.25, 0.3) is 17.0 Å². The number of aliphatic imine (C=N–C) groups is 1. The summed E-state index contributed by atoms with van der Waals surface area (Å²) >= 11 is 13.9. The van der Waals surface area contributed by atoms with Gasteiger partial charge in [0, 0.05) is 40.8 Å². The van der Waals surface area contributed by atoms with E-state index in [1.165, 1.54) is 0 Å². The van der Waals surface area contributed by atoms with Gasteiger partial charge in [-0.15, -0.1) is 0 Å². The van der Waals surface area contributed by atoms with Crippen molar-refractivity contribution in [1.82, 2.24) is 14.2 Å². The maximum atomic E-state index is 12.9. The van der Waals surface area contributed by atoms with Gasteiger partial charge < -0.3 is 20.1 Å². The number of aromatic nitrogens is 1. The molecule has 0 aliphatic carbocycles. The van der Waals surface area contributed by atoms with Crippen LogP contribution in [-0.2, 0) is 11.3 Å². The summed E-state index contributed by atoms with van der Waals surface area (Å²) in [6.45, 7) is 1.54. The molecule has 3 N–H and O–H groups in total. The zero-order chi connectivity index (χ0) is 25.3. The van der Waals surface area contributed by atoms with Gasteiger partial charge >= 0.3 is 0 Å². The zero-order valence-corrected chi connectivity index (χ0v) is 21.7. The quantitative estimate of drug-likeness (QED) is 0.385. The van der Waals surface area contributed by atoms with Gasteiger partial charge in [0.1, 0.15) is 11.4 Å². The molecule has 7 nitrogen and oxygen atoms in total. The van der Waals surface area contributed by atoms with Crippen molar-refractivity contribution in [1.29, 1.82) is 0 Å². The normalized spacial score (nSPS) is 18.8. The van der Waals surface area contributed by atoms with Crippen molar-refractivity contribution in [2.24, 2.45) is 4.99 Å². The molecule has 2 aromatic carbocycles. The minimum absolute atomic E-state index is 0.0776. The predicted molar refractivity (Wildman–Crippen MR) is 146 cm³/mol. The van der Waals surface area contributed by atoms with Gasteiger partial charge in [-0.05, 0) is 60.2 Å². The number of nitrogens with one attached hydrogen (secondary N) is 1. The van der Waals surface area contributed by atoms with Crippen molar-refractivity contribution in [2.75, 3.05) is 19.7 Å². The van der Waals surface area contributed by atoms with Crippen molar-refractivity contribution >= 4 is 63.9 Å². The van der Waals surface area contributed by atoms with Gasteiger partial charge in [0.05, 0.1) is 24.3 Å². The highest BCUT2D eigenvalue weighted by Gasteiger charge is 2.46. The Morgan fingerprint density at radius 2 is 2.00 bits per heavy atom. The third-order valence-electron chi connectivity index (χ3n) is 6.64. The van der Waals surface area contributed by atoms with E-state index >= 15 is 0 Å². The van der Waals surface area contributed by atoms with Crippen LogP contribution in [0.1, 0.15) is 24.0 Å². The average Bonchev–Trinajstić information content (AvgIpc) is 3.41. The van der Waals surface area contributed by atoms with Gasteiger partial charge in [-0.2, -0.15) is 0 Å². The maximum Gasteiger partial charge on any atom is 0.253 e. The molecular formula is C26H26Cl2N4O3S. The summed E-state index contributed by atoms with van der Waals surface area (Å²) in [5.74, 6) is 0.431. The number of amides is 1. The first-order valence-corrected chi connectivity index (χ1v) is 13.3. The van der Waals surface area contributed by atoms with Crippen LogP contribution < -0.4 is 5.32 Å². The molecule has 0 radical (unpaired) electrons. The largest absolute Gasteiger partial charge is 0.394 e. The second-order valence-corrected chi connectivity index (χ2v) is 10.8. The monoisotopic (exact) mass is 544 g/mol. The van der Waals surface area contributed by atoms with Gasteiger partial charge in [0.25, 0.3) is 5.91 Å². The summed E-state index contributed by atoms with van der Waals surface area (Å²) in [6, 6.07) is 13.2. The third-order valence-corrected chi connectivity index (χ3v) is 8.11. The third kappa shape index (κ3) is 5.07. The first-order valence-electron chi connectivity index (χ1n) is 11.7. The first kappa shape index (κ1) is 25.3. The molecule has 0 saturated carbocycles. The van der Waals surface area contributed by atoms with Gasteiger partial charge in [0.15, 0.2) is 0 Å². The fraction of sp³-hybridized carbons (Fsp3) is 0.308. The predicted octanol–water partition coefficient (Wildman–Crippen LogP) is 4.33. The van der Waals surface area contributed by atoms with Gasteiger partial charge in [-0.1, -0.05) is 47.3 Å². The molecule has 10 heteroatoms. The van der Waals surface area contributed by atoms with Crippen LogP contribution in [0.2, 0.25) is 10.0 Å². The number of fused-ring (bicyclic) bond motifs is 1. The second-order valence-electron chi connectivity index (χ2n) is 8.99. The Bertz CT molecular complexity index is 1350. The van der Waals surface area contributed by atoms with E-state index in [9.17, 15) is 9.90 Å². The molecule has 1 aromatic heterocycles. The van der Waals surface area contributed by atoms with Crippen molar-refractivity contribution in [3.05, 3.63) is 75.2 Å². The van der Waals surface area contributed by atoms with E-state index in [2.05, 4.69) is 27.2 Å². The lowest BCUT2D eigenvalue weighted by Crippen LogP contribution is -2.47. The lowest BCUT2D eigenvalue weighted by atomic mass is 9.89. The SMILES string of the molecule is O=C1NC(c2ccc(Cl)cc2Cl)=NC12CCN(S/C=C/c1cccc3c1ccn3CC(O)CO)CC2. The molecule has 1 unspecified atom stereocenters. The molecule has 36 heavy (non-hydrogen) atoms. The number of carbonyl (C=O) groups excluding carboxylic acids is 1. The highest BCUT2D eigenvalue weighted by Crippen LogP contribution is 2.35. The van der Waals surface area contributed by atoms with Gasteiger partial charge in [0.2, 0.25) is 0 Å². The van der Waals surface area contributed by atoms with E-state index in [4.69, 9.17) is 33.3 Å². The number of hydrogen-bond donors (Lipinski definition) is 3. The molecule has 1 amide bonds. The molecule has 2 aliphatic heterocycles. The number of amidine groups is 1. The van der Waals surface area contributed by atoms with Crippen molar-refractivity contribution in [2.45, 2.75) is 31.0 Å². The lowest BCUT2D eigenvalue weighted by Gasteiger charge is -2.34. The molecule has 5 rings (SSSR count). The highest BCUT2D eigenvalue weighted by atomic mass is 35.5. The minimum Gasteiger partial charge on any atom is -0.394 e. The van der Waals surface area contributed by atoms with Gasteiger partial charge in [-0.3, -0.25) is 9.79 Å². The zero-order valence-electron chi connectivity index (χ0n) is 19.4. The number of aliphatic hydroxyl groups excluding tert-OH is 2. The van der Waals surface area contributed by atoms with Crippen molar-refractivity contribution in [3.8, 4) is 0 Å². The molecule has 3 heterocycles. The number of hydrogen-bond acceptors (Lipinski definition) is 6. The van der Waals surface area contributed by atoms with Crippen LogP contribution >= 0.6 is 35.1 Å². The smallest absolute Gasteiger partial charge is 0.253 e. The van der Waals surface area contributed by atoms with Crippen molar-refractivity contribution < 1.29 is 15.0 Å².